The van der Waals surface area contributed by atoms with Gasteiger partial charge in [-0.1, -0.05) is 25.2 Å². The van der Waals surface area contributed by atoms with Gasteiger partial charge in [-0.05, 0) is 0 Å². The average molecular weight is 171 g/mol. The summed E-state index contributed by atoms with van der Waals surface area (Å²) in [6.45, 7) is 3.98. The normalized spacial score (nSPS) is 10.5. The Morgan fingerprint density at radius 3 is 2.45 bits per heavy atom. The molecular weight excluding hydrogens is 162 g/mol. The van der Waals surface area contributed by atoms with Gasteiger partial charge in [0.25, 0.3) is 5.91 Å². The first kappa shape index (κ1) is 8.13. The van der Waals surface area contributed by atoms with Gasteiger partial charge in [-0.2, -0.15) is 0 Å². The van der Waals surface area contributed by atoms with Gasteiger partial charge in [0, 0.05) is 5.92 Å². The first-order chi connectivity index (χ1) is 5.11. The van der Waals surface area contributed by atoms with Gasteiger partial charge in [0.05, 0.1) is 0 Å². The second-order valence-electron chi connectivity index (χ2n) is 2.46. The lowest BCUT2D eigenvalue weighted by Gasteiger charge is -1.92. The van der Waals surface area contributed by atoms with Crippen molar-refractivity contribution in [2.75, 3.05) is 0 Å². The van der Waals surface area contributed by atoms with Crippen molar-refractivity contribution in [1.29, 1.82) is 0 Å². The van der Waals surface area contributed by atoms with Crippen LogP contribution in [0, 0.1) is 0 Å². The van der Waals surface area contributed by atoms with E-state index >= 15 is 0 Å². The second-order valence-corrected chi connectivity index (χ2v) is 3.47. The Kier molecular flexibility index (Phi) is 2.19. The fourth-order valence-electron chi connectivity index (χ4n) is 0.567. The van der Waals surface area contributed by atoms with Gasteiger partial charge in [-0.25, -0.2) is 0 Å². The zero-order valence-electron chi connectivity index (χ0n) is 6.37. The summed E-state index contributed by atoms with van der Waals surface area (Å²) in [7, 11) is 0. The third-order valence-corrected chi connectivity index (χ3v) is 2.38. The van der Waals surface area contributed by atoms with Crippen molar-refractivity contribution in [3.05, 3.63) is 10.0 Å². The van der Waals surface area contributed by atoms with E-state index in [-0.39, 0.29) is 5.01 Å². The molecule has 4 nitrogen and oxygen atoms in total. The van der Waals surface area contributed by atoms with Crippen LogP contribution in [0.3, 0.4) is 0 Å². The molecule has 0 aliphatic rings. The molecule has 0 atom stereocenters. The highest BCUT2D eigenvalue weighted by Gasteiger charge is 2.10. The van der Waals surface area contributed by atoms with Gasteiger partial charge in [0.1, 0.15) is 5.01 Å². The van der Waals surface area contributed by atoms with Crippen LogP contribution in [-0.4, -0.2) is 16.1 Å². The van der Waals surface area contributed by atoms with Crippen molar-refractivity contribution >= 4 is 17.2 Å². The van der Waals surface area contributed by atoms with E-state index in [0.717, 1.165) is 5.01 Å². The zero-order chi connectivity index (χ0) is 8.43. The minimum absolute atomic E-state index is 0.286. The molecule has 60 valence electrons. The molecule has 0 bridgehead atoms. The van der Waals surface area contributed by atoms with E-state index in [1.54, 1.807) is 0 Å². The van der Waals surface area contributed by atoms with Crippen LogP contribution in [0.5, 0.6) is 0 Å². The van der Waals surface area contributed by atoms with Crippen LogP contribution in [0.15, 0.2) is 0 Å². The number of nitrogens with two attached hydrogens (primary N) is 1. The molecule has 0 unspecified atom stereocenters. The maximum atomic E-state index is 10.6. The summed E-state index contributed by atoms with van der Waals surface area (Å²) in [6.07, 6.45) is 0. The molecule has 2 N–H and O–H groups in total. The second kappa shape index (κ2) is 2.96. The van der Waals surface area contributed by atoms with Crippen molar-refractivity contribution in [2.45, 2.75) is 19.8 Å². The fourth-order valence-corrected chi connectivity index (χ4v) is 1.27. The highest BCUT2D eigenvalue weighted by Crippen LogP contribution is 2.17. The van der Waals surface area contributed by atoms with E-state index in [2.05, 4.69) is 10.2 Å². The van der Waals surface area contributed by atoms with Crippen molar-refractivity contribution in [3.8, 4) is 0 Å². The molecule has 1 aromatic rings. The maximum absolute atomic E-state index is 10.6. The Morgan fingerprint density at radius 1 is 1.55 bits per heavy atom. The Hall–Kier alpha value is -0.970. The molecule has 1 rings (SSSR count). The maximum Gasteiger partial charge on any atom is 0.279 e. The van der Waals surface area contributed by atoms with Crippen LogP contribution >= 0.6 is 11.3 Å². The van der Waals surface area contributed by atoms with E-state index in [9.17, 15) is 4.79 Å². The molecule has 0 aliphatic heterocycles. The number of carbonyl (C=O) groups is 1. The smallest absolute Gasteiger partial charge is 0.279 e. The molecule has 1 amide bonds. The van der Waals surface area contributed by atoms with Crippen molar-refractivity contribution in [1.82, 2.24) is 10.2 Å². The largest absolute Gasteiger partial charge is 0.363 e. The summed E-state index contributed by atoms with van der Waals surface area (Å²) in [5.41, 5.74) is 5.00. The van der Waals surface area contributed by atoms with E-state index < -0.39 is 5.91 Å². The lowest BCUT2D eigenvalue weighted by molar-refractivity contribution is 0.0999. The van der Waals surface area contributed by atoms with E-state index in [1.807, 2.05) is 13.8 Å². The van der Waals surface area contributed by atoms with Crippen LogP contribution in [0.2, 0.25) is 0 Å². The van der Waals surface area contributed by atoms with Crippen LogP contribution in [0.25, 0.3) is 0 Å². The first-order valence-electron chi connectivity index (χ1n) is 3.24. The van der Waals surface area contributed by atoms with E-state index in [0.29, 0.717) is 5.92 Å². The average Bonchev–Trinajstić information content (AvgIpc) is 2.33. The molecule has 0 aliphatic carbocycles. The molecule has 0 radical (unpaired) electrons. The zero-order valence-corrected chi connectivity index (χ0v) is 7.18. The Bertz CT molecular complexity index is 269. The quantitative estimate of drug-likeness (QED) is 0.714. The summed E-state index contributed by atoms with van der Waals surface area (Å²) < 4.78 is 0. The van der Waals surface area contributed by atoms with Crippen LogP contribution < -0.4 is 5.73 Å². The molecule has 0 fully saturated rings. The summed E-state index contributed by atoms with van der Waals surface area (Å²) in [6, 6.07) is 0. The van der Waals surface area contributed by atoms with Crippen LogP contribution in [0.1, 0.15) is 34.6 Å². The fraction of sp³-hybridized carbons (Fsp3) is 0.500. The third-order valence-electron chi connectivity index (χ3n) is 1.15. The molecule has 0 aromatic carbocycles. The number of hydrogen-bond donors (Lipinski definition) is 1. The SMILES string of the molecule is CC(C)c1nnc(C(N)=O)s1. The predicted molar refractivity (Wildman–Crippen MR) is 42.5 cm³/mol. The van der Waals surface area contributed by atoms with Gasteiger partial charge in [-0.15, -0.1) is 10.2 Å². The number of rotatable bonds is 2. The highest BCUT2D eigenvalue weighted by molar-refractivity contribution is 7.13. The van der Waals surface area contributed by atoms with E-state index in [4.69, 9.17) is 5.73 Å². The third kappa shape index (κ3) is 1.74. The van der Waals surface area contributed by atoms with E-state index in [1.165, 1.54) is 11.3 Å². The number of amides is 1. The number of carbonyl (C=O) groups excluding carboxylic acids is 1. The van der Waals surface area contributed by atoms with Crippen LogP contribution in [-0.2, 0) is 0 Å². The molecule has 11 heavy (non-hydrogen) atoms. The minimum Gasteiger partial charge on any atom is -0.363 e. The van der Waals surface area contributed by atoms with Crippen molar-refractivity contribution < 1.29 is 4.79 Å². The molecule has 1 heterocycles. The van der Waals surface area contributed by atoms with Crippen molar-refractivity contribution in [3.63, 3.8) is 0 Å². The van der Waals surface area contributed by atoms with Gasteiger partial charge in [-0.3, -0.25) is 4.79 Å². The number of nitrogens with zero attached hydrogens (tertiary/aromatic N) is 2. The molecule has 0 spiro atoms. The summed E-state index contributed by atoms with van der Waals surface area (Å²) in [5, 5.41) is 8.57. The molecule has 0 saturated heterocycles. The standard InChI is InChI=1S/C6H9N3OS/c1-3(2)5-8-9-6(11-5)4(7)10/h3H,1-2H3,(H2,7,10). The predicted octanol–water partition coefficient (Wildman–Crippen LogP) is 0.760. The molecular formula is C6H9N3OS. The summed E-state index contributed by atoms with van der Waals surface area (Å²) in [4.78, 5) is 10.6. The Labute approximate surface area is 68.4 Å². The lowest BCUT2D eigenvalue weighted by Crippen LogP contribution is -2.10. The number of primary amides is 1. The monoisotopic (exact) mass is 171 g/mol. The number of hydrogen-bond acceptors (Lipinski definition) is 4. The van der Waals surface area contributed by atoms with Gasteiger partial charge in [0.2, 0.25) is 5.01 Å². The molecule has 0 saturated carbocycles. The van der Waals surface area contributed by atoms with Gasteiger partial charge in [0.15, 0.2) is 0 Å². The summed E-state index contributed by atoms with van der Waals surface area (Å²) >= 11 is 1.25. The molecule has 5 heteroatoms. The van der Waals surface area contributed by atoms with Crippen molar-refractivity contribution in [2.24, 2.45) is 5.73 Å². The molecule has 1 aromatic heterocycles. The lowest BCUT2D eigenvalue weighted by atomic mass is 10.2. The summed E-state index contributed by atoms with van der Waals surface area (Å²) in [5.74, 6) is -0.199. The topological polar surface area (TPSA) is 68.9 Å². The Balaban J connectivity index is 2.90. The van der Waals surface area contributed by atoms with Gasteiger partial charge >= 0.3 is 0 Å². The first-order valence-corrected chi connectivity index (χ1v) is 4.06. The Morgan fingerprint density at radius 2 is 2.18 bits per heavy atom. The minimum atomic E-state index is -0.505. The highest BCUT2D eigenvalue weighted by atomic mass is 32.1. The van der Waals surface area contributed by atoms with Crippen LogP contribution in [0.4, 0.5) is 0 Å². The van der Waals surface area contributed by atoms with Gasteiger partial charge < -0.3 is 5.73 Å². The number of aromatic nitrogens is 2.